The zero-order valence-corrected chi connectivity index (χ0v) is 7.18. The monoisotopic (exact) mass is 194 g/mol. The third-order valence-electron chi connectivity index (χ3n) is 1.73. The summed E-state index contributed by atoms with van der Waals surface area (Å²) in [7, 11) is 1.26. The van der Waals surface area contributed by atoms with Gasteiger partial charge in [0.05, 0.1) is 12.5 Å². The minimum atomic E-state index is -0.539. The molecule has 7 heteroatoms. The van der Waals surface area contributed by atoms with Crippen molar-refractivity contribution in [3.8, 4) is 5.88 Å². The average Bonchev–Trinajstić information content (AvgIpc) is 2.62. The molecule has 0 fully saturated rings. The van der Waals surface area contributed by atoms with Gasteiger partial charge in [-0.2, -0.15) is 0 Å². The summed E-state index contributed by atoms with van der Waals surface area (Å²) in [5.41, 5.74) is 0.484. The zero-order chi connectivity index (χ0) is 10.1. The fraction of sp³-hybridized carbons (Fsp3) is 0.143. The molecule has 0 aliphatic carbocycles. The molecule has 2 aromatic rings. The van der Waals surface area contributed by atoms with E-state index in [1.54, 1.807) is 0 Å². The van der Waals surface area contributed by atoms with E-state index in [4.69, 9.17) is 0 Å². The van der Waals surface area contributed by atoms with Crippen molar-refractivity contribution in [3.05, 3.63) is 11.8 Å². The number of ether oxygens (including phenoxy) is 1. The van der Waals surface area contributed by atoms with Crippen LogP contribution < -0.4 is 0 Å². The van der Waals surface area contributed by atoms with E-state index in [0.717, 1.165) is 0 Å². The maximum Gasteiger partial charge on any atom is 0.354 e. The summed E-state index contributed by atoms with van der Waals surface area (Å²) in [6, 6.07) is 1.40. The molecule has 0 spiro atoms. The molecule has 14 heavy (non-hydrogen) atoms. The molecule has 0 radical (unpaired) electrons. The first-order valence-corrected chi connectivity index (χ1v) is 3.71. The van der Waals surface area contributed by atoms with E-state index in [9.17, 15) is 9.90 Å². The van der Waals surface area contributed by atoms with Gasteiger partial charge in [0.15, 0.2) is 5.65 Å². The number of nitrogens with zero attached hydrogens (tertiary/aromatic N) is 3. The van der Waals surface area contributed by atoms with Gasteiger partial charge in [0.2, 0.25) is 5.88 Å². The Labute approximate surface area is 77.7 Å². The summed E-state index contributed by atoms with van der Waals surface area (Å²) in [5, 5.41) is 19.8. The SMILES string of the molecule is COC(=O)c1cc2c(O)nnnc2[nH]1. The molecule has 2 N–H and O–H groups in total. The number of fused-ring (bicyclic) bond motifs is 1. The maximum atomic E-state index is 11.1. The number of nitrogens with one attached hydrogen (secondary N) is 1. The molecule has 2 aromatic heterocycles. The van der Waals surface area contributed by atoms with Crippen LogP contribution in [0, 0.1) is 0 Å². The van der Waals surface area contributed by atoms with Crippen LogP contribution in [0.3, 0.4) is 0 Å². The second-order valence-corrected chi connectivity index (χ2v) is 2.55. The first-order chi connectivity index (χ1) is 6.72. The number of hydrogen-bond acceptors (Lipinski definition) is 6. The van der Waals surface area contributed by atoms with Gasteiger partial charge in [0, 0.05) is 0 Å². The van der Waals surface area contributed by atoms with Crippen LogP contribution in [0.15, 0.2) is 6.07 Å². The predicted molar refractivity (Wildman–Crippen MR) is 44.7 cm³/mol. The van der Waals surface area contributed by atoms with Gasteiger partial charge in [0.1, 0.15) is 5.69 Å². The van der Waals surface area contributed by atoms with Crippen LogP contribution in [0.5, 0.6) is 5.88 Å². The molecule has 0 aromatic carbocycles. The lowest BCUT2D eigenvalue weighted by Gasteiger charge is -1.91. The summed E-state index contributed by atoms with van der Waals surface area (Å²) in [4.78, 5) is 13.7. The smallest absolute Gasteiger partial charge is 0.354 e. The van der Waals surface area contributed by atoms with Crippen molar-refractivity contribution in [2.75, 3.05) is 7.11 Å². The summed E-state index contributed by atoms with van der Waals surface area (Å²) in [5.74, 6) is -0.816. The number of esters is 1. The van der Waals surface area contributed by atoms with Crippen molar-refractivity contribution in [2.45, 2.75) is 0 Å². The lowest BCUT2D eigenvalue weighted by atomic mass is 10.3. The van der Waals surface area contributed by atoms with Gasteiger partial charge in [-0.15, -0.1) is 5.10 Å². The van der Waals surface area contributed by atoms with Crippen LogP contribution in [0.1, 0.15) is 10.5 Å². The molecule has 0 saturated carbocycles. The molecule has 2 heterocycles. The topological polar surface area (TPSA) is 101 Å². The minimum Gasteiger partial charge on any atom is -0.492 e. The van der Waals surface area contributed by atoms with Crippen LogP contribution >= 0.6 is 0 Å². The third kappa shape index (κ3) is 1.15. The molecule has 0 atom stereocenters. The fourth-order valence-corrected chi connectivity index (χ4v) is 1.08. The first kappa shape index (κ1) is 8.42. The number of carbonyl (C=O) groups excluding carboxylic acids is 1. The van der Waals surface area contributed by atoms with Crippen molar-refractivity contribution in [1.29, 1.82) is 0 Å². The van der Waals surface area contributed by atoms with Crippen molar-refractivity contribution in [1.82, 2.24) is 20.4 Å². The maximum absolute atomic E-state index is 11.1. The predicted octanol–water partition coefficient (Wildman–Crippen LogP) is -0.155. The van der Waals surface area contributed by atoms with E-state index in [1.165, 1.54) is 13.2 Å². The highest BCUT2D eigenvalue weighted by atomic mass is 16.5. The van der Waals surface area contributed by atoms with Crippen molar-refractivity contribution >= 4 is 17.0 Å². The Bertz CT molecular complexity index is 493. The summed E-state index contributed by atoms with van der Waals surface area (Å²) >= 11 is 0. The van der Waals surface area contributed by atoms with Gasteiger partial charge in [-0.05, 0) is 11.3 Å². The number of methoxy groups -OCH3 is 1. The minimum absolute atomic E-state index is 0.195. The molecular weight excluding hydrogens is 188 g/mol. The number of rotatable bonds is 1. The Hall–Kier alpha value is -2.18. The molecule has 2 rings (SSSR count). The van der Waals surface area contributed by atoms with Crippen LogP contribution in [0.25, 0.3) is 11.0 Å². The van der Waals surface area contributed by atoms with Crippen molar-refractivity contribution in [2.24, 2.45) is 0 Å². The number of carbonyl (C=O) groups is 1. The van der Waals surface area contributed by atoms with Gasteiger partial charge in [0.25, 0.3) is 0 Å². The van der Waals surface area contributed by atoms with E-state index in [1.807, 2.05) is 0 Å². The van der Waals surface area contributed by atoms with E-state index >= 15 is 0 Å². The second-order valence-electron chi connectivity index (χ2n) is 2.55. The van der Waals surface area contributed by atoms with E-state index < -0.39 is 5.97 Å². The van der Waals surface area contributed by atoms with E-state index in [-0.39, 0.29) is 17.2 Å². The van der Waals surface area contributed by atoms with Gasteiger partial charge >= 0.3 is 5.97 Å². The third-order valence-corrected chi connectivity index (χ3v) is 1.73. The molecular formula is C7H6N4O3. The number of aromatic amines is 1. The first-order valence-electron chi connectivity index (χ1n) is 3.71. The highest BCUT2D eigenvalue weighted by Gasteiger charge is 2.13. The van der Waals surface area contributed by atoms with E-state index in [2.05, 4.69) is 25.1 Å². The lowest BCUT2D eigenvalue weighted by Crippen LogP contribution is -2.00. The molecule has 0 aliphatic rings. The molecule has 0 bridgehead atoms. The zero-order valence-electron chi connectivity index (χ0n) is 7.18. The standard InChI is InChI=1S/C7H6N4O3/c1-14-7(13)4-2-3-5(8-4)9-11-10-6(3)12/h2H,1H3,(H2,8,9,10,12). The Morgan fingerprint density at radius 1 is 1.57 bits per heavy atom. The molecule has 0 unspecified atom stereocenters. The van der Waals surface area contributed by atoms with Gasteiger partial charge < -0.3 is 14.8 Å². The lowest BCUT2D eigenvalue weighted by molar-refractivity contribution is 0.0595. The summed E-state index contributed by atoms with van der Waals surface area (Å²) in [6.45, 7) is 0. The molecule has 7 nitrogen and oxygen atoms in total. The Morgan fingerprint density at radius 2 is 2.36 bits per heavy atom. The van der Waals surface area contributed by atoms with E-state index in [0.29, 0.717) is 5.39 Å². The molecule has 0 saturated heterocycles. The average molecular weight is 194 g/mol. The van der Waals surface area contributed by atoms with Crippen LogP contribution in [-0.2, 0) is 4.74 Å². The van der Waals surface area contributed by atoms with Crippen molar-refractivity contribution < 1.29 is 14.6 Å². The number of H-pyrrole nitrogens is 1. The Balaban J connectivity index is 2.62. The number of aromatic nitrogens is 4. The van der Waals surface area contributed by atoms with Crippen LogP contribution in [0.4, 0.5) is 0 Å². The quantitative estimate of drug-likeness (QED) is 0.612. The van der Waals surface area contributed by atoms with Gasteiger partial charge in [-0.1, -0.05) is 5.10 Å². The summed E-state index contributed by atoms with van der Waals surface area (Å²) in [6.07, 6.45) is 0. The van der Waals surface area contributed by atoms with Crippen LogP contribution in [0.2, 0.25) is 0 Å². The van der Waals surface area contributed by atoms with Gasteiger partial charge in [-0.3, -0.25) is 0 Å². The summed E-state index contributed by atoms with van der Waals surface area (Å²) < 4.78 is 4.49. The molecule has 72 valence electrons. The molecule has 0 aliphatic heterocycles. The Morgan fingerprint density at radius 3 is 3.00 bits per heavy atom. The normalized spacial score (nSPS) is 10.4. The van der Waals surface area contributed by atoms with Gasteiger partial charge in [-0.25, -0.2) is 4.79 Å². The highest BCUT2D eigenvalue weighted by Crippen LogP contribution is 2.19. The second kappa shape index (κ2) is 2.95. The number of aromatic hydroxyl groups is 1. The number of hydrogen-bond donors (Lipinski definition) is 2. The fourth-order valence-electron chi connectivity index (χ4n) is 1.08. The molecule has 0 amide bonds. The van der Waals surface area contributed by atoms with Crippen LogP contribution in [-0.4, -0.2) is 38.6 Å². The van der Waals surface area contributed by atoms with Crippen molar-refractivity contribution in [3.63, 3.8) is 0 Å². The Kier molecular flexibility index (Phi) is 1.77. The largest absolute Gasteiger partial charge is 0.492 e. The highest BCUT2D eigenvalue weighted by molar-refractivity contribution is 5.94.